The highest BCUT2D eigenvalue weighted by Crippen LogP contribution is 2.58. The Kier molecular flexibility index (Phi) is 17.7. The number of nitrogens with one attached hydrogen (secondary N) is 2. The van der Waals surface area contributed by atoms with Gasteiger partial charge in [-0.3, -0.25) is 43.9 Å². The van der Waals surface area contributed by atoms with Crippen molar-refractivity contribution in [3.63, 3.8) is 0 Å². The molecule has 80 heavy (non-hydrogen) atoms. The van der Waals surface area contributed by atoms with E-state index < -0.39 is 157 Å². The number of hydrogen-bond acceptors (Lipinski definition) is 26. The lowest BCUT2D eigenvalue weighted by atomic mass is 9.89. The molecule has 0 aromatic carbocycles. The molecule has 16 atom stereocenters. The molecule has 33 nitrogen and oxygen atoms in total. The monoisotopic (exact) mass is 1160 g/mol. The number of anilines is 1. The average Bonchev–Trinajstić information content (AvgIpc) is 4.04. The lowest BCUT2D eigenvalue weighted by Crippen LogP contribution is -2.61. The molecule has 7 aliphatic rings. The van der Waals surface area contributed by atoms with E-state index in [2.05, 4.69) is 40.2 Å². The van der Waals surface area contributed by atoms with Gasteiger partial charge in [0, 0.05) is 13.1 Å². The van der Waals surface area contributed by atoms with Crippen molar-refractivity contribution in [2.45, 2.75) is 113 Å². The fraction of sp³-hybridized carbons (Fsp3) is 0.533. The van der Waals surface area contributed by atoms with Gasteiger partial charge in [0.05, 0.1) is 50.3 Å². The summed E-state index contributed by atoms with van der Waals surface area (Å²) in [6.07, 6.45) is -6.68. The molecule has 0 spiro atoms. The van der Waals surface area contributed by atoms with E-state index >= 15 is 0 Å². The van der Waals surface area contributed by atoms with Crippen molar-refractivity contribution in [3.8, 4) is 0 Å². The van der Waals surface area contributed by atoms with Crippen LogP contribution in [0.1, 0.15) is 33.9 Å². The van der Waals surface area contributed by atoms with E-state index in [1.54, 1.807) is 12.2 Å². The van der Waals surface area contributed by atoms with Gasteiger partial charge in [-0.15, -0.1) is 0 Å². The number of imide groups is 2. The molecule has 2 aromatic rings. The minimum atomic E-state index is -5.03. The van der Waals surface area contributed by atoms with Crippen molar-refractivity contribution in [3.05, 3.63) is 59.3 Å². The highest BCUT2D eigenvalue weighted by Gasteiger charge is 2.48. The quantitative estimate of drug-likeness (QED) is 0.0627. The fourth-order valence-electron chi connectivity index (χ4n) is 9.40. The lowest BCUT2D eigenvalue weighted by Gasteiger charge is -2.43. The van der Waals surface area contributed by atoms with Crippen LogP contribution in [-0.4, -0.2) is 250 Å². The summed E-state index contributed by atoms with van der Waals surface area (Å²) in [5.41, 5.74) is 9.60. The molecule has 1 fully saturated rings. The zero-order valence-electron chi connectivity index (χ0n) is 42.8. The van der Waals surface area contributed by atoms with E-state index in [1.165, 1.54) is 20.7 Å². The van der Waals surface area contributed by atoms with Gasteiger partial charge in [-0.1, -0.05) is 46.6 Å². The molecule has 0 radical (unpaired) electrons. The van der Waals surface area contributed by atoms with Gasteiger partial charge in [-0.2, -0.15) is 9.98 Å². The van der Waals surface area contributed by atoms with Crippen LogP contribution >= 0.6 is 15.2 Å². The maximum Gasteiger partial charge on any atom is 0.349 e. The number of aliphatic hydroxyl groups is 9. The summed E-state index contributed by atoms with van der Waals surface area (Å²) >= 11 is 0. The Morgan fingerprint density at radius 1 is 0.688 bits per heavy atom. The molecule has 2 aliphatic carbocycles. The van der Waals surface area contributed by atoms with E-state index in [0.29, 0.717) is 0 Å². The number of urea groups is 2. The zero-order chi connectivity index (χ0) is 58.4. The van der Waals surface area contributed by atoms with Crippen LogP contribution in [0.25, 0.3) is 11.2 Å². The second kappa shape index (κ2) is 23.7. The second-order valence-corrected chi connectivity index (χ2v) is 23.8. The summed E-state index contributed by atoms with van der Waals surface area (Å²) < 4.78 is 42.1. The number of amidine groups is 2. The first-order valence-electron chi connectivity index (χ1n) is 24.5. The van der Waals surface area contributed by atoms with Crippen LogP contribution in [0.15, 0.2) is 79.2 Å². The molecule has 2 aromatic heterocycles. The molecule has 14 unspecified atom stereocenters. The number of amides is 6. The van der Waals surface area contributed by atoms with Gasteiger partial charge in [0.1, 0.15) is 66.8 Å². The number of nitrogen functional groups attached to an aromatic ring is 1. The molecule has 0 bridgehead atoms. The number of aliphatic imine (C=N–C) groups is 4. The fourth-order valence-corrected chi connectivity index (χ4v) is 12.6. The van der Waals surface area contributed by atoms with Crippen LogP contribution in [0.2, 0.25) is 0 Å². The van der Waals surface area contributed by atoms with Crippen molar-refractivity contribution in [1.29, 1.82) is 0 Å². The van der Waals surface area contributed by atoms with Gasteiger partial charge in [0.15, 0.2) is 46.7 Å². The van der Waals surface area contributed by atoms with E-state index in [4.69, 9.17) is 24.6 Å². The van der Waals surface area contributed by atoms with Gasteiger partial charge in [-0.05, 0) is 27.7 Å². The topological polar surface area (TPSA) is 502 Å². The summed E-state index contributed by atoms with van der Waals surface area (Å²) in [7, 11) is -10.0. The molecule has 1 saturated heterocycles. The highest BCUT2D eigenvalue weighted by molar-refractivity contribution is 7.70. The minimum absolute atomic E-state index is 0.00624. The summed E-state index contributed by atoms with van der Waals surface area (Å²) in [6, 6.07) is -3.94. The van der Waals surface area contributed by atoms with Gasteiger partial charge in [-0.25, -0.2) is 24.5 Å². The van der Waals surface area contributed by atoms with E-state index in [1.807, 2.05) is 45.2 Å². The summed E-state index contributed by atoms with van der Waals surface area (Å²) in [4.78, 5) is 100. The number of imidazole rings is 1. The second-order valence-electron chi connectivity index (χ2n) is 19.6. The molecular formula is C45H59N13O20P2. The Balaban J connectivity index is 0.000000261. The Hall–Kier alpha value is -6.23. The van der Waals surface area contributed by atoms with Crippen LogP contribution in [0.3, 0.4) is 0 Å². The standard InChI is InChI=1S/C28H37N9O14P2.C17H22N4O6/c1-11-3-13-14(4-12(11)2)36(25-19(33-13)26(43)35-28(44)34-25)5-15(38)20(40)16(39)6-49-52(45,46)10-53(47,48)50-7-17-21(41)22(42)27(51-17)37-9-32-18-23(29)30-8-31-24(18)37;1-7-3-9-10(4-8(7)2)21(5-11(23)14(25)12(24)6-22)15-13(18-9)16(26)20-17(27)19-15/h3-4,8-9,13-17,20-22,27,38-42H,5-7,10H2,1-2H3,(H,45,46)(H,47,48)(H2,29,30,31)(H,35,43,44);3-4,9-12,14,22-25H,5-6H2,1-2H3,(H,20,26,27)/t13?,14?,15?,16?,17-,20?,21?,22?,27-;/m1./s1. The van der Waals surface area contributed by atoms with E-state index in [-0.39, 0.29) is 46.6 Å². The largest absolute Gasteiger partial charge is 0.394 e. The van der Waals surface area contributed by atoms with Crippen LogP contribution in [-0.2, 0) is 32.5 Å². The number of carbonyl (C=O) groups is 4. The molecule has 35 heteroatoms. The normalized spacial score (nSPS) is 29.2. The van der Waals surface area contributed by atoms with Crippen LogP contribution in [0.4, 0.5) is 15.4 Å². The maximum absolute atomic E-state index is 12.8. The number of ether oxygens (including phenoxy) is 1. The first-order valence-corrected chi connectivity index (χ1v) is 28.0. The molecule has 7 heterocycles. The van der Waals surface area contributed by atoms with Crippen molar-refractivity contribution < 1.29 is 97.8 Å². The van der Waals surface area contributed by atoms with Crippen molar-refractivity contribution in [2.24, 2.45) is 20.0 Å². The van der Waals surface area contributed by atoms with Crippen molar-refractivity contribution in [1.82, 2.24) is 40.0 Å². The average molecular weight is 1160 g/mol. The van der Waals surface area contributed by atoms with Gasteiger partial charge in [0.25, 0.3) is 11.8 Å². The minimum Gasteiger partial charge on any atom is -0.394 e. The highest BCUT2D eigenvalue weighted by atomic mass is 31.2. The molecule has 0 saturated carbocycles. The number of hydrogen-bond donors (Lipinski definition) is 14. The SMILES string of the molecule is CC1=CC2N=C3C(=O)NC(=O)N=C3N(CC(O)C(O)C(O)CO)C2C=C1C.CC1=CC2N=C3C(=O)NC(=O)N=C3N(CC(O)C(O)C(O)COP(=O)(O)CP(=O)(O)OC[C@H]3O[C@@H](n4cnc5c(N)ncnc54)C(O)C3O)C2C=C1C. The molecule has 15 N–H and O–H groups in total. The number of fused-ring (bicyclic) bond motifs is 5. The number of carbonyl (C=O) groups excluding carboxylic acids is 4. The number of rotatable bonds is 18. The number of nitrogens with zero attached hydrogens (tertiary/aromatic N) is 10. The Bertz CT molecular complexity index is 3180. The predicted octanol–water partition coefficient (Wildman–Crippen LogP) is -4.37. The lowest BCUT2D eigenvalue weighted by molar-refractivity contribution is -0.114. The third-order valence-corrected chi connectivity index (χ3v) is 17.9. The van der Waals surface area contributed by atoms with Crippen LogP contribution in [0.5, 0.6) is 0 Å². The summed E-state index contributed by atoms with van der Waals surface area (Å²) in [5, 5.41) is 96.3. The summed E-state index contributed by atoms with van der Waals surface area (Å²) in [5.74, 6) is -3.10. The smallest absolute Gasteiger partial charge is 0.349 e. The molecule has 5 aliphatic heterocycles. The Morgan fingerprint density at radius 2 is 1.18 bits per heavy atom. The molecule has 9 rings (SSSR count). The third-order valence-electron chi connectivity index (χ3n) is 13.9. The van der Waals surface area contributed by atoms with Crippen LogP contribution < -0.4 is 16.4 Å². The first kappa shape index (κ1) is 59.9. The van der Waals surface area contributed by atoms with Crippen molar-refractivity contribution >= 4 is 79.1 Å². The Morgan fingerprint density at radius 3 is 1.69 bits per heavy atom. The molecule has 434 valence electrons. The van der Waals surface area contributed by atoms with Crippen molar-refractivity contribution in [2.75, 3.05) is 44.5 Å². The van der Waals surface area contributed by atoms with Gasteiger partial charge in [0.2, 0.25) is 0 Å². The summed E-state index contributed by atoms with van der Waals surface area (Å²) in [6.45, 7) is 4.11. The van der Waals surface area contributed by atoms with Gasteiger partial charge < -0.3 is 85.1 Å². The number of aromatic nitrogens is 4. The maximum atomic E-state index is 12.8. The van der Waals surface area contributed by atoms with E-state index in [9.17, 15) is 78.9 Å². The number of nitrogens with two attached hydrogens (primary N) is 1. The number of allylic oxidation sites excluding steroid dienone is 4. The molecule has 6 amide bonds. The first-order chi connectivity index (χ1) is 37.6. The van der Waals surface area contributed by atoms with Crippen LogP contribution in [0, 0.1) is 0 Å². The molecular weight excluding hydrogens is 1100 g/mol. The predicted molar refractivity (Wildman–Crippen MR) is 276 cm³/mol. The number of β-amino-alcohol motifs (C(OH)–C–C–N with tert-alkyl or cyclic N) is 2. The Labute approximate surface area is 452 Å². The third kappa shape index (κ3) is 12.6. The van der Waals surface area contributed by atoms with Gasteiger partial charge >= 0.3 is 27.3 Å². The zero-order valence-corrected chi connectivity index (χ0v) is 44.6. The number of aliphatic hydroxyl groups excluding tert-OH is 9. The van der Waals surface area contributed by atoms with E-state index in [0.717, 1.165) is 28.6 Å².